The monoisotopic (exact) mass is 430 g/mol. The second-order valence-corrected chi connectivity index (χ2v) is 7.87. The maximum Gasteiger partial charge on any atom is 0.170 e. The maximum atomic E-state index is 8.62. The van der Waals surface area contributed by atoms with Gasteiger partial charge in [0, 0.05) is 16.5 Å². The van der Waals surface area contributed by atoms with E-state index >= 15 is 0 Å². The lowest BCUT2D eigenvalue weighted by Gasteiger charge is -2.21. The summed E-state index contributed by atoms with van der Waals surface area (Å²) in [7, 11) is 0. The van der Waals surface area contributed by atoms with Crippen molar-refractivity contribution in [1.29, 1.82) is 0 Å². The largest absolute Gasteiger partial charge is 0.450 e. The zero-order chi connectivity index (χ0) is 26.1. The van der Waals surface area contributed by atoms with Gasteiger partial charge in [-0.15, -0.1) is 0 Å². The molecule has 0 bridgehead atoms. The Morgan fingerprint density at radius 3 is 2.03 bits per heavy atom. The van der Waals surface area contributed by atoms with Crippen molar-refractivity contribution in [1.82, 2.24) is 4.57 Å². The quantitative estimate of drug-likeness (QED) is 0.275. The summed E-state index contributed by atoms with van der Waals surface area (Å²) in [6.07, 6.45) is 0. The minimum absolute atomic E-state index is 0.123. The normalized spacial score (nSPS) is 14.2. The van der Waals surface area contributed by atoms with Crippen LogP contribution in [0, 0.1) is 0 Å². The SMILES string of the molecule is [2H]c1c([2H])c([2H])c(-n2c3ccccc3c3ccc(-c4ccc5c(c4)Oc4ccccc4O5)cc32)c([2H])c1[2H]. The number of hydrogen-bond acceptors (Lipinski definition) is 2. The van der Waals surface area contributed by atoms with Crippen LogP contribution in [0.3, 0.4) is 0 Å². The van der Waals surface area contributed by atoms with E-state index in [1.54, 1.807) is 4.57 Å². The Balaban J connectivity index is 1.46. The molecule has 5 aromatic carbocycles. The van der Waals surface area contributed by atoms with E-state index in [9.17, 15) is 0 Å². The number of fused-ring (bicyclic) bond motifs is 5. The van der Waals surface area contributed by atoms with Crippen LogP contribution in [0.1, 0.15) is 6.85 Å². The molecule has 33 heavy (non-hydrogen) atoms. The first-order valence-corrected chi connectivity index (χ1v) is 10.6. The number of para-hydroxylation sites is 4. The highest BCUT2D eigenvalue weighted by atomic mass is 16.6. The zero-order valence-electron chi connectivity index (χ0n) is 22.3. The molecule has 1 aliphatic heterocycles. The number of ether oxygens (including phenoxy) is 2. The molecule has 3 heteroatoms. The first-order valence-electron chi connectivity index (χ1n) is 13.1. The van der Waals surface area contributed by atoms with Crippen LogP contribution in [0.2, 0.25) is 0 Å². The third-order valence-corrected chi connectivity index (χ3v) is 5.95. The predicted octanol–water partition coefficient (Wildman–Crippen LogP) is 8.35. The molecule has 7 rings (SSSR count). The van der Waals surface area contributed by atoms with Crippen LogP contribution in [-0.4, -0.2) is 4.57 Å². The lowest BCUT2D eigenvalue weighted by molar-refractivity contribution is 0.360. The van der Waals surface area contributed by atoms with Gasteiger partial charge in [-0.25, -0.2) is 0 Å². The van der Waals surface area contributed by atoms with Gasteiger partial charge in [-0.3, -0.25) is 0 Å². The van der Waals surface area contributed by atoms with E-state index in [1.165, 1.54) is 0 Å². The number of aromatic nitrogens is 1. The molecule has 6 aromatic rings. The summed E-state index contributed by atoms with van der Waals surface area (Å²) in [5, 5.41) is 1.85. The van der Waals surface area contributed by atoms with Crippen molar-refractivity contribution >= 4 is 21.8 Å². The summed E-state index contributed by atoms with van der Waals surface area (Å²) in [5.41, 5.74) is 3.41. The van der Waals surface area contributed by atoms with Crippen molar-refractivity contribution in [3.63, 3.8) is 0 Å². The highest BCUT2D eigenvalue weighted by Crippen LogP contribution is 2.46. The summed E-state index contributed by atoms with van der Waals surface area (Å²) in [6, 6.07) is 25.3. The molecule has 0 atom stereocenters. The summed E-state index contributed by atoms with van der Waals surface area (Å²) >= 11 is 0. The minimum Gasteiger partial charge on any atom is -0.450 e. The first-order chi connectivity index (χ1) is 18.4. The standard InChI is InChI=1S/C30H19NO2/c1-2-8-22(9-3-1)31-25-11-5-4-10-23(25)24-16-14-20(18-26(24)31)21-15-17-29-30(19-21)33-28-13-7-6-12-27(28)32-29/h1-19H/i1D,2D,3D,8D,9D. The second-order valence-electron chi connectivity index (χ2n) is 7.87. The molecule has 1 aromatic heterocycles. The van der Waals surface area contributed by atoms with Crippen LogP contribution in [0.4, 0.5) is 0 Å². The molecule has 0 amide bonds. The predicted molar refractivity (Wildman–Crippen MR) is 133 cm³/mol. The van der Waals surface area contributed by atoms with Crippen molar-refractivity contribution in [2.24, 2.45) is 0 Å². The third kappa shape index (κ3) is 2.83. The van der Waals surface area contributed by atoms with Crippen LogP contribution in [0.25, 0.3) is 38.6 Å². The van der Waals surface area contributed by atoms with Crippen LogP contribution in [-0.2, 0) is 0 Å². The van der Waals surface area contributed by atoms with E-state index in [0.717, 1.165) is 32.9 Å². The summed E-state index contributed by atoms with van der Waals surface area (Å²) in [4.78, 5) is 0. The van der Waals surface area contributed by atoms with E-state index in [-0.39, 0.29) is 29.9 Å². The third-order valence-electron chi connectivity index (χ3n) is 5.95. The Hall–Kier alpha value is -4.50. The Labute approximate surface area is 198 Å². The van der Waals surface area contributed by atoms with Crippen LogP contribution in [0.5, 0.6) is 23.0 Å². The van der Waals surface area contributed by atoms with Gasteiger partial charge in [0.05, 0.1) is 17.9 Å². The van der Waals surface area contributed by atoms with Crippen molar-refractivity contribution in [3.05, 3.63) is 115 Å². The van der Waals surface area contributed by atoms with E-state index in [2.05, 4.69) is 0 Å². The van der Waals surface area contributed by atoms with Gasteiger partial charge in [0.25, 0.3) is 0 Å². The van der Waals surface area contributed by atoms with E-state index in [1.807, 2.05) is 84.9 Å². The molecule has 0 aliphatic carbocycles. The molecular weight excluding hydrogens is 406 g/mol. The van der Waals surface area contributed by atoms with Gasteiger partial charge in [-0.1, -0.05) is 66.7 Å². The molecule has 3 nitrogen and oxygen atoms in total. The van der Waals surface area contributed by atoms with E-state index in [0.29, 0.717) is 23.0 Å². The molecule has 0 N–H and O–H groups in total. The fourth-order valence-corrected chi connectivity index (χ4v) is 4.45. The Bertz CT molecular complexity index is 1920. The van der Waals surface area contributed by atoms with Crippen molar-refractivity contribution < 1.29 is 16.3 Å². The average molecular weight is 431 g/mol. The van der Waals surface area contributed by atoms with Gasteiger partial charge in [-0.05, 0) is 59.6 Å². The second kappa shape index (κ2) is 7.01. The lowest BCUT2D eigenvalue weighted by Crippen LogP contribution is -1.98. The molecule has 0 unspecified atom stereocenters. The number of nitrogens with zero attached hydrogens (tertiary/aromatic N) is 1. The molecule has 0 saturated heterocycles. The topological polar surface area (TPSA) is 23.4 Å². The Kier molecular flexibility index (Phi) is 2.93. The smallest absolute Gasteiger partial charge is 0.170 e. The minimum atomic E-state index is -0.414. The molecule has 0 spiro atoms. The molecule has 0 fully saturated rings. The molecular formula is C30H19NO2. The number of benzene rings is 5. The van der Waals surface area contributed by atoms with Gasteiger partial charge < -0.3 is 14.0 Å². The first kappa shape index (κ1) is 13.8. The van der Waals surface area contributed by atoms with Crippen LogP contribution >= 0.6 is 0 Å². The number of hydrogen-bond donors (Lipinski definition) is 0. The fraction of sp³-hybridized carbons (Fsp3) is 0. The lowest BCUT2D eigenvalue weighted by atomic mass is 10.0. The Morgan fingerprint density at radius 1 is 0.545 bits per heavy atom. The summed E-state index contributed by atoms with van der Waals surface area (Å²) < 4.78 is 55.6. The van der Waals surface area contributed by atoms with Crippen molar-refractivity contribution in [2.45, 2.75) is 0 Å². The van der Waals surface area contributed by atoms with Crippen molar-refractivity contribution in [3.8, 4) is 39.8 Å². The summed E-state index contributed by atoms with van der Waals surface area (Å²) in [6.45, 7) is 0. The highest BCUT2D eigenvalue weighted by molar-refractivity contribution is 6.10. The van der Waals surface area contributed by atoms with Gasteiger partial charge in [0.1, 0.15) is 0 Å². The Morgan fingerprint density at radius 2 is 1.18 bits per heavy atom. The molecule has 0 radical (unpaired) electrons. The summed E-state index contributed by atoms with van der Waals surface area (Å²) in [5.74, 6) is 2.54. The zero-order valence-corrected chi connectivity index (χ0v) is 17.3. The molecule has 156 valence electrons. The molecule has 2 heterocycles. The fourth-order valence-electron chi connectivity index (χ4n) is 4.45. The average Bonchev–Trinajstić information content (AvgIpc) is 3.27. The van der Waals surface area contributed by atoms with Gasteiger partial charge in [0.2, 0.25) is 0 Å². The van der Waals surface area contributed by atoms with Crippen LogP contribution in [0.15, 0.2) is 115 Å². The van der Waals surface area contributed by atoms with Gasteiger partial charge in [-0.2, -0.15) is 0 Å². The van der Waals surface area contributed by atoms with Crippen molar-refractivity contribution in [2.75, 3.05) is 0 Å². The van der Waals surface area contributed by atoms with Crippen LogP contribution < -0.4 is 9.47 Å². The highest BCUT2D eigenvalue weighted by Gasteiger charge is 2.19. The van der Waals surface area contributed by atoms with E-state index < -0.39 is 6.04 Å². The maximum absolute atomic E-state index is 8.62. The molecule has 1 aliphatic rings. The number of rotatable bonds is 2. The molecule has 0 saturated carbocycles. The van der Waals surface area contributed by atoms with Gasteiger partial charge in [0.15, 0.2) is 23.0 Å². The van der Waals surface area contributed by atoms with E-state index in [4.69, 9.17) is 16.3 Å². The van der Waals surface area contributed by atoms with Gasteiger partial charge >= 0.3 is 0 Å².